The Balaban J connectivity index is 2.30. The molecule has 0 saturated heterocycles. The molecule has 82 valence electrons. The van der Waals surface area contributed by atoms with Crippen LogP contribution in [-0.2, 0) is 6.54 Å². The molecule has 1 saturated carbocycles. The highest BCUT2D eigenvalue weighted by atomic mass is 79.9. The van der Waals surface area contributed by atoms with E-state index in [9.17, 15) is 0 Å². The molecule has 1 fully saturated rings. The van der Waals surface area contributed by atoms with Crippen LogP contribution in [-0.4, -0.2) is 4.98 Å². The molecule has 3 heteroatoms. The molecule has 1 aliphatic rings. The summed E-state index contributed by atoms with van der Waals surface area (Å²) in [6.45, 7) is 0.579. The van der Waals surface area contributed by atoms with Crippen molar-refractivity contribution in [1.82, 2.24) is 4.98 Å². The van der Waals surface area contributed by atoms with E-state index >= 15 is 0 Å². The standard InChI is InChI=1S/C13H13BrN2/c14-11-3-1-2-10-9(7-15)6-12(8-4-5-8)16-13(10)11/h1-3,6,8H,4-5,7,15H2. The first-order valence-corrected chi connectivity index (χ1v) is 6.37. The minimum Gasteiger partial charge on any atom is -0.326 e. The molecule has 1 aromatic heterocycles. The van der Waals surface area contributed by atoms with Crippen molar-refractivity contribution in [3.8, 4) is 0 Å². The normalized spacial score (nSPS) is 15.6. The molecule has 1 aliphatic carbocycles. The van der Waals surface area contributed by atoms with Crippen molar-refractivity contribution >= 4 is 26.8 Å². The van der Waals surface area contributed by atoms with Crippen LogP contribution in [0, 0.1) is 0 Å². The number of aromatic nitrogens is 1. The summed E-state index contributed by atoms with van der Waals surface area (Å²) in [6.07, 6.45) is 2.54. The largest absolute Gasteiger partial charge is 0.326 e. The highest BCUT2D eigenvalue weighted by Gasteiger charge is 2.25. The SMILES string of the molecule is NCc1cc(C2CC2)nc2c(Br)cccc12. The van der Waals surface area contributed by atoms with Crippen molar-refractivity contribution in [1.29, 1.82) is 0 Å². The highest BCUT2D eigenvalue weighted by molar-refractivity contribution is 9.10. The number of fused-ring (bicyclic) bond motifs is 1. The molecule has 1 aromatic carbocycles. The van der Waals surface area contributed by atoms with Crippen LogP contribution in [0.25, 0.3) is 10.9 Å². The van der Waals surface area contributed by atoms with Gasteiger partial charge in [-0.2, -0.15) is 0 Å². The number of pyridine rings is 1. The lowest BCUT2D eigenvalue weighted by Crippen LogP contribution is -2.01. The van der Waals surface area contributed by atoms with Gasteiger partial charge in [-0.25, -0.2) is 0 Å². The van der Waals surface area contributed by atoms with Gasteiger partial charge in [0.25, 0.3) is 0 Å². The molecule has 0 atom stereocenters. The number of hydrogen-bond acceptors (Lipinski definition) is 2. The lowest BCUT2D eigenvalue weighted by Gasteiger charge is -2.08. The summed E-state index contributed by atoms with van der Waals surface area (Å²) in [6, 6.07) is 8.33. The zero-order valence-electron chi connectivity index (χ0n) is 8.91. The Morgan fingerprint density at radius 3 is 2.88 bits per heavy atom. The molecular formula is C13H13BrN2. The van der Waals surface area contributed by atoms with Crippen molar-refractivity contribution < 1.29 is 0 Å². The summed E-state index contributed by atoms with van der Waals surface area (Å²) in [7, 11) is 0. The minimum atomic E-state index is 0.579. The summed E-state index contributed by atoms with van der Waals surface area (Å²) in [5.74, 6) is 0.668. The Kier molecular flexibility index (Phi) is 2.45. The lowest BCUT2D eigenvalue weighted by molar-refractivity contribution is 1.01. The predicted octanol–water partition coefficient (Wildman–Crippen LogP) is 3.33. The fraction of sp³-hybridized carbons (Fsp3) is 0.308. The van der Waals surface area contributed by atoms with E-state index in [0.717, 1.165) is 9.99 Å². The van der Waals surface area contributed by atoms with Crippen molar-refractivity contribution in [3.63, 3.8) is 0 Å². The number of nitrogens with two attached hydrogens (primary N) is 1. The third-order valence-corrected chi connectivity index (χ3v) is 3.75. The molecule has 3 rings (SSSR count). The van der Waals surface area contributed by atoms with Gasteiger partial charge < -0.3 is 5.73 Å². The maximum Gasteiger partial charge on any atom is 0.0850 e. The molecule has 2 aromatic rings. The van der Waals surface area contributed by atoms with Crippen molar-refractivity contribution in [2.45, 2.75) is 25.3 Å². The van der Waals surface area contributed by atoms with Crippen LogP contribution in [0.15, 0.2) is 28.7 Å². The monoisotopic (exact) mass is 276 g/mol. The second kappa shape index (κ2) is 3.82. The molecule has 0 aliphatic heterocycles. The van der Waals surface area contributed by atoms with Gasteiger partial charge in [-0.15, -0.1) is 0 Å². The fourth-order valence-corrected chi connectivity index (χ4v) is 2.52. The number of halogens is 1. The molecule has 0 bridgehead atoms. The van der Waals surface area contributed by atoms with E-state index < -0.39 is 0 Å². The number of rotatable bonds is 2. The van der Waals surface area contributed by atoms with Crippen molar-refractivity contribution in [2.75, 3.05) is 0 Å². The zero-order chi connectivity index (χ0) is 11.1. The summed E-state index contributed by atoms with van der Waals surface area (Å²) in [4.78, 5) is 4.74. The summed E-state index contributed by atoms with van der Waals surface area (Å²) in [5, 5.41) is 1.17. The third-order valence-electron chi connectivity index (χ3n) is 3.11. The first-order valence-electron chi connectivity index (χ1n) is 5.57. The third kappa shape index (κ3) is 1.64. The van der Waals surface area contributed by atoms with Gasteiger partial charge in [0, 0.05) is 28.0 Å². The van der Waals surface area contributed by atoms with E-state index in [2.05, 4.69) is 28.1 Å². The Labute approximate surface area is 103 Å². The van der Waals surface area contributed by atoms with Gasteiger partial charge in [-0.05, 0) is 46.5 Å². The van der Waals surface area contributed by atoms with Crippen LogP contribution < -0.4 is 5.73 Å². The number of para-hydroxylation sites is 1. The van der Waals surface area contributed by atoms with Gasteiger partial charge in [0.2, 0.25) is 0 Å². The molecule has 0 spiro atoms. The van der Waals surface area contributed by atoms with Crippen LogP contribution in [0.4, 0.5) is 0 Å². The molecule has 0 radical (unpaired) electrons. The van der Waals surface area contributed by atoms with E-state index in [1.54, 1.807) is 0 Å². The topological polar surface area (TPSA) is 38.9 Å². The summed E-state index contributed by atoms with van der Waals surface area (Å²) < 4.78 is 1.06. The van der Waals surface area contributed by atoms with Crippen LogP contribution in [0.5, 0.6) is 0 Å². The number of nitrogens with zero attached hydrogens (tertiary/aromatic N) is 1. The van der Waals surface area contributed by atoms with E-state index in [1.807, 2.05) is 12.1 Å². The second-order valence-electron chi connectivity index (χ2n) is 4.32. The van der Waals surface area contributed by atoms with E-state index in [4.69, 9.17) is 10.7 Å². The van der Waals surface area contributed by atoms with E-state index in [1.165, 1.54) is 29.5 Å². The Morgan fingerprint density at radius 1 is 1.38 bits per heavy atom. The quantitative estimate of drug-likeness (QED) is 0.914. The second-order valence-corrected chi connectivity index (χ2v) is 5.17. The Bertz CT molecular complexity index is 547. The maximum atomic E-state index is 5.81. The van der Waals surface area contributed by atoms with Crippen LogP contribution in [0.2, 0.25) is 0 Å². The van der Waals surface area contributed by atoms with Crippen molar-refractivity contribution in [3.05, 3.63) is 40.0 Å². The number of hydrogen-bond donors (Lipinski definition) is 1. The Morgan fingerprint density at radius 2 is 2.19 bits per heavy atom. The van der Waals surface area contributed by atoms with Gasteiger partial charge >= 0.3 is 0 Å². The van der Waals surface area contributed by atoms with E-state index in [0.29, 0.717) is 12.5 Å². The van der Waals surface area contributed by atoms with E-state index in [-0.39, 0.29) is 0 Å². The van der Waals surface area contributed by atoms with Crippen LogP contribution >= 0.6 is 15.9 Å². The van der Waals surface area contributed by atoms with Crippen LogP contribution in [0.3, 0.4) is 0 Å². The number of benzene rings is 1. The fourth-order valence-electron chi connectivity index (χ4n) is 2.06. The van der Waals surface area contributed by atoms with Crippen LogP contribution in [0.1, 0.15) is 30.0 Å². The molecule has 16 heavy (non-hydrogen) atoms. The summed E-state index contributed by atoms with van der Waals surface area (Å²) in [5.41, 5.74) is 9.27. The molecule has 0 amide bonds. The molecule has 1 heterocycles. The zero-order valence-corrected chi connectivity index (χ0v) is 10.5. The highest BCUT2D eigenvalue weighted by Crippen LogP contribution is 2.40. The Hall–Kier alpha value is -0.930. The van der Waals surface area contributed by atoms with Gasteiger partial charge in [0.1, 0.15) is 0 Å². The average Bonchev–Trinajstić information content (AvgIpc) is 3.12. The van der Waals surface area contributed by atoms with Crippen molar-refractivity contribution in [2.24, 2.45) is 5.73 Å². The van der Waals surface area contributed by atoms with Gasteiger partial charge in [-0.3, -0.25) is 4.98 Å². The maximum absolute atomic E-state index is 5.81. The first-order chi connectivity index (χ1) is 7.79. The summed E-state index contributed by atoms with van der Waals surface area (Å²) >= 11 is 3.56. The van der Waals surface area contributed by atoms with Gasteiger partial charge in [0.15, 0.2) is 0 Å². The predicted molar refractivity (Wildman–Crippen MR) is 69.3 cm³/mol. The average molecular weight is 277 g/mol. The van der Waals surface area contributed by atoms with Gasteiger partial charge in [0.05, 0.1) is 5.52 Å². The minimum absolute atomic E-state index is 0.579. The lowest BCUT2D eigenvalue weighted by atomic mass is 10.1. The molecule has 2 N–H and O–H groups in total. The molecule has 2 nitrogen and oxygen atoms in total. The first kappa shape index (κ1) is 10.2. The molecule has 0 unspecified atom stereocenters. The smallest absolute Gasteiger partial charge is 0.0850 e. The molecular weight excluding hydrogens is 264 g/mol. The van der Waals surface area contributed by atoms with Gasteiger partial charge in [-0.1, -0.05) is 12.1 Å².